The van der Waals surface area contributed by atoms with Crippen LogP contribution in [0.2, 0.25) is 0 Å². The van der Waals surface area contributed by atoms with Crippen molar-refractivity contribution in [3.05, 3.63) is 70.5 Å². The van der Waals surface area contributed by atoms with Crippen LogP contribution in [0, 0.1) is 45.3 Å². The second kappa shape index (κ2) is 26.5. The van der Waals surface area contributed by atoms with Crippen LogP contribution in [0.1, 0.15) is 94.9 Å². The zero-order chi connectivity index (χ0) is 34.9. The van der Waals surface area contributed by atoms with Crippen molar-refractivity contribution in [2.45, 2.75) is 106 Å². The second-order valence-corrected chi connectivity index (χ2v) is 12.4. The zero-order valence-corrected chi connectivity index (χ0v) is 30.5. The minimum absolute atomic E-state index is 0.116. The fourth-order valence-electron chi connectivity index (χ4n) is 5.33. The standard InChI is InChI=1S/C19H36N2O2.C8H9F.C8H10.C3H6O.CH4O/c1-4-10-20(11-6-16(3)5-2)19(22)17-7-12-21(15-17)18-8-13-23-14-9-18;1-6-4-3-5-8(9)7(6)2;1-7-4-3-5-8(2)6-7;1-2-3-4;1-2/h16-18H,4-15H2,1-3H3;3-5H,1-2H3;3-6H,1-2H3;3H,2H2,1H3;2H,1H3. The lowest BCUT2D eigenvalue weighted by atomic mass is 10.0. The van der Waals surface area contributed by atoms with Crippen LogP contribution in [0.15, 0.2) is 42.5 Å². The quantitative estimate of drug-likeness (QED) is 0.279. The van der Waals surface area contributed by atoms with Crippen molar-refractivity contribution >= 4 is 12.2 Å². The van der Waals surface area contributed by atoms with E-state index in [-0.39, 0.29) is 11.7 Å². The van der Waals surface area contributed by atoms with Crippen LogP contribution in [-0.2, 0) is 14.3 Å². The van der Waals surface area contributed by atoms with E-state index in [2.05, 4.69) is 68.7 Å². The van der Waals surface area contributed by atoms with E-state index >= 15 is 0 Å². The zero-order valence-electron chi connectivity index (χ0n) is 30.5. The molecule has 2 atom stereocenters. The Bertz CT molecular complexity index is 1040. The van der Waals surface area contributed by atoms with Gasteiger partial charge in [-0.25, -0.2) is 4.39 Å². The maximum absolute atomic E-state index is 12.9. The number of aldehydes is 1. The van der Waals surface area contributed by atoms with Crippen molar-refractivity contribution in [2.75, 3.05) is 46.5 Å². The molecule has 2 aliphatic rings. The van der Waals surface area contributed by atoms with E-state index < -0.39 is 0 Å². The van der Waals surface area contributed by atoms with Gasteiger partial charge in [-0.05, 0) is 89.5 Å². The number of likely N-dealkylation sites (tertiary alicyclic amines) is 1. The van der Waals surface area contributed by atoms with Gasteiger partial charge in [0.2, 0.25) is 5.91 Å². The molecule has 0 radical (unpaired) electrons. The van der Waals surface area contributed by atoms with Crippen molar-refractivity contribution in [1.29, 1.82) is 0 Å². The van der Waals surface area contributed by atoms with Crippen LogP contribution in [0.3, 0.4) is 0 Å². The molecule has 2 unspecified atom stereocenters. The van der Waals surface area contributed by atoms with Crippen LogP contribution < -0.4 is 0 Å². The van der Waals surface area contributed by atoms with Gasteiger partial charge >= 0.3 is 0 Å². The molecule has 1 N–H and O–H groups in total. The van der Waals surface area contributed by atoms with Crippen LogP contribution in [0.5, 0.6) is 0 Å². The summed E-state index contributed by atoms with van der Waals surface area (Å²) in [6.45, 7) is 22.1. The van der Waals surface area contributed by atoms with Crippen molar-refractivity contribution in [1.82, 2.24) is 9.80 Å². The predicted octanol–water partition coefficient (Wildman–Crippen LogP) is 8.11. The molecular weight excluding hydrogens is 579 g/mol. The van der Waals surface area contributed by atoms with Gasteiger partial charge in [0, 0.05) is 52.4 Å². The molecule has 2 aromatic rings. The number of hydrogen-bond acceptors (Lipinski definition) is 5. The topological polar surface area (TPSA) is 70.1 Å². The van der Waals surface area contributed by atoms with E-state index in [0.717, 1.165) is 96.0 Å². The lowest BCUT2D eigenvalue weighted by molar-refractivity contribution is -0.135. The van der Waals surface area contributed by atoms with Gasteiger partial charge in [-0.15, -0.1) is 0 Å². The summed E-state index contributed by atoms with van der Waals surface area (Å²) in [5.41, 5.74) is 4.43. The van der Waals surface area contributed by atoms with Crippen molar-refractivity contribution in [3.63, 3.8) is 0 Å². The Balaban J connectivity index is 0.000000716. The number of aryl methyl sites for hydroxylation is 3. The third-order valence-electron chi connectivity index (χ3n) is 8.55. The van der Waals surface area contributed by atoms with E-state index in [1.165, 1.54) is 23.6 Å². The lowest BCUT2D eigenvalue weighted by Gasteiger charge is -2.31. The van der Waals surface area contributed by atoms with E-state index in [4.69, 9.17) is 9.84 Å². The summed E-state index contributed by atoms with van der Waals surface area (Å²) in [5.74, 6) is 1.23. The summed E-state index contributed by atoms with van der Waals surface area (Å²) in [5, 5.41) is 7.00. The number of carbonyl (C=O) groups is 2. The molecular formula is C39H65FN2O4. The maximum atomic E-state index is 12.9. The molecule has 1 amide bonds. The Morgan fingerprint density at radius 1 is 1.00 bits per heavy atom. The molecule has 0 bridgehead atoms. The molecule has 7 heteroatoms. The van der Waals surface area contributed by atoms with Crippen LogP contribution in [0.4, 0.5) is 4.39 Å². The van der Waals surface area contributed by atoms with Crippen molar-refractivity contribution in [2.24, 2.45) is 11.8 Å². The Kier molecular flexibility index (Phi) is 25.0. The van der Waals surface area contributed by atoms with Crippen LogP contribution in [0.25, 0.3) is 0 Å². The summed E-state index contributed by atoms with van der Waals surface area (Å²) in [6, 6.07) is 14.2. The molecule has 2 aliphatic heterocycles. The van der Waals surface area contributed by atoms with Crippen molar-refractivity contribution < 1.29 is 23.8 Å². The number of carbonyl (C=O) groups excluding carboxylic acids is 2. The molecule has 2 aromatic carbocycles. The number of hydrogen-bond donors (Lipinski definition) is 1. The second-order valence-electron chi connectivity index (χ2n) is 12.4. The Hall–Kier alpha value is -2.61. The highest BCUT2D eigenvalue weighted by atomic mass is 19.1. The summed E-state index contributed by atoms with van der Waals surface area (Å²) < 4.78 is 18.0. The fourth-order valence-corrected chi connectivity index (χ4v) is 5.33. The first-order valence-corrected chi connectivity index (χ1v) is 17.3. The average molecular weight is 645 g/mol. The number of nitrogens with zero attached hydrogens (tertiary/aromatic N) is 2. The fraction of sp³-hybridized carbons (Fsp3) is 0.641. The SMILES string of the molecule is CCC=O.CCCN(CCC(C)CC)C(=O)C1CCN(C2CCOCC2)C1.CO.Cc1cccc(C)c1.Cc1cccc(F)c1C. The van der Waals surface area contributed by atoms with Gasteiger partial charge in [0.15, 0.2) is 0 Å². The number of benzene rings is 2. The van der Waals surface area contributed by atoms with Gasteiger partial charge in [0.1, 0.15) is 12.1 Å². The number of ether oxygens (including phenoxy) is 1. The molecule has 0 spiro atoms. The Morgan fingerprint density at radius 2 is 1.59 bits per heavy atom. The molecule has 0 saturated carbocycles. The van der Waals surface area contributed by atoms with Gasteiger partial charge in [-0.2, -0.15) is 0 Å². The first-order valence-electron chi connectivity index (χ1n) is 17.3. The minimum Gasteiger partial charge on any atom is -0.400 e. The molecule has 0 aromatic heterocycles. The highest BCUT2D eigenvalue weighted by Crippen LogP contribution is 2.25. The van der Waals surface area contributed by atoms with Gasteiger partial charge < -0.3 is 19.5 Å². The first kappa shape index (κ1) is 43.4. The molecule has 2 fully saturated rings. The average Bonchev–Trinajstić information content (AvgIpc) is 3.57. The molecule has 262 valence electrons. The smallest absolute Gasteiger partial charge is 0.227 e. The van der Waals surface area contributed by atoms with Crippen LogP contribution in [-0.4, -0.2) is 79.6 Å². The molecule has 2 heterocycles. The highest BCUT2D eigenvalue weighted by Gasteiger charge is 2.34. The normalized spacial score (nSPS) is 16.5. The van der Waals surface area contributed by atoms with E-state index in [9.17, 15) is 14.0 Å². The van der Waals surface area contributed by atoms with Gasteiger partial charge in [-0.1, -0.05) is 81.6 Å². The van der Waals surface area contributed by atoms with Crippen LogP contribution >= 0.6 is 0 Å². The largest absolute Gasteiger partial charge is 0.400 e. The minimum atomic E-state index is -0.116. The Labute approximate surface area is 280 Å². The lowest BCUT2D eigenvalue weighted by Crippen LogP contribution is -2.41. The Morgan fingerprint density at radius 3 is 2.04 bits per heavy atom. The van der Waals surface area contributed by atoms with Gasteiger partial charge in [0.25, 0.3) is 0 Å². The monoisotopic (exact) mass is 644 g/mol. The summed E-state index contributed by atoms with van der Waals surface area (Å²) >= 11 is 0. The number of amides is 1. The summed E-state index contributed by atoms with van der Waals surface area (Å²) in [6.07, 6.45) is 8.22. The van der Waals surface area contributed by atoms with Gasteiger partial charge in [0.05, 0.1) is 5.92 Å². The maximum Gasteiger partial charge on any atom is 0.227 e. The number of halogens is 1. The van der Waals surface area contributed by atoms with E-state index in [0.29, 0.717) is 24.3 Å². The number of aliphatic hydroxyl groups excluding tert-OH is 1. The molecule has 0 aliphatic carbocycles. The van der Waals surface area contributed by atoms with Gasteiger partial charge in [-0.3, -0.25) is 9.69 Å². The molecule has 4 rings (SSSR count). The first-order chi connectivity index (χ1) is 22.1. The number of aliphatic hydroxyl groups is 1. The van der Waals surface area contributed by atoms with Crippen molar-refractivity contribution in [3.8, 4) is 0 Å². The third kappa shape index (κ3) is 17.9. The van der Waals surface area contributed by atoms with E-state index in [1.807, 2.05) is 19.9 Å². The predicted molar refractivity (Wildman–Crippen MR) is 191 cm³/mol. The highest BCUT2D eigenvalue weighted by molar-refractivity contribution is 5.79. The summed E-state index contributed by atoms with van der Waals surface area (Å²) in [4.78, 5) is 26.8. The molecule has 2 saturated heterocycles. The number of rotatable bonds is 9. The molecule has 46 heavy (non-hydrogen) atoms. The third-order valence-corrected chi connectivity index (χ3v) is 8.55. The van der Waals surface area contributed by atoms with E-state index in [1.54, 1.807) is 13.0 Å². The summed E-state index contributed by atoms with van der Waals surface area (Å²) in [7, 11) is 1.00. The molecule has 6 nitrogen and oxygen atoms in total.